The Morgan fingerprint density at radius 2 is 2.33 bits per heavy atom. The molecule has 0 aliphatic heterocycles. The zero-order valence-corrected chi connectivity index (χ0v) is 9.46. The van der Waals surface area contributed by atoms with Crippen molar-refractivity contribution < 1.29 is 0 Å². The minimum absolute atomic E-state index is 0.426. The van der Waals surface area contributed by atoms with Crippen LogP contribution in [-0.2, 0) is 0 Å². The first-order valence-electron chi connectivity index (χ1n) is 5.14. The second-order valence-corrected chi connectivity index (χ2v) is 4.42. The highest BCUT2D eigenvalue weighted by molar-refractivity contribution is 6.32. The Labute approximate surface area is 96.0 Å². The summed E-state index contributed by atoms with van der Waals surface area (Å²) >= 11 is 6.13. The van der Waals surface area contributed by atoms with Crippen molar-refractivity contribution in [1.82, 2.24) is 0 Å². The van der Waals surface area contributed by atoms with Crippen LogP contribution in [-0.4, -0.2) is 0 Å². The van der Waals surface area contributed by atoms with E-state index in [4.69, 9.17) is 18.0 Å². The molecule has 0 aromatic heterocycles. The molecule has 2 unspecified atom stereocenters. The summed E-state index contributed by atoms with van der Waals surface area (Å²) in [7, 11) is 0. The topological polar surface area (TPSA) is 0 Å². The fraction of sp³-hybridized carbons (Fsp3) is 0.286. The van der Waals surface area contributed by atoms with Crippen LogP contribution in [0.25, 0.3) is 6.08 Å². The SMILES string of the molecule is C#CCC(C)C1C=Cc2c(Cl)cccc21. The summed E-state index contributed by atoms with van der Waals surface area (Å²) in [6.45, 7) is 2.19. The van der Waals surface area contributed by atoms with Gasteiger partial charge in [-0.1, -0.05) is 42.8 Å². The van der Waals surface area contributed by atoms with Gasteiger partial charge in [-0.3, -0.25) is 0 Å². The van der Waals surface area contributed by atoms with E-state index < -0.39 is 0 Å². The van der Waals surface area contributed by atoms with Gasteiger partial charge in [0.1, 0.15) is 0 Å². The zero-order valence-electron chi connectivity index (χ0n) is 8.70. The van der Waals surface area contributed by atoms with Crippen molar-refractivity contribution >= 4 is 17.7 Å². The lowest BCUT2D eigenvalue weighted by Gasteiger charge is -2.17. The molecule has 0 N–H and O–H groups in total. The van der Waals surface area contributed by atoms with E-state index in [0.29, 0.717) is 11.8 Å². The third-order valence-corrected chi connectivity index (χ3v) is 3.30. The standard InChI is InChI=1S/C14H13Cl/c1-3-5-10(2)11-8-9-13-12(11)6-4-7-14(13)15/h1,4,6-11H,5H2,2H3. The van der Waals surface area contributed by atoms with Crippen LogP contribution in [0.15, 0.2) is 24.3 Å². The van der Waals surface area contributed by atoms with E-state index >= 15 is 0 Å². The number of halogens is 1. The maximum Gasteiger partial charge on any atom is 0.0481 e. The lowest BCUT2D eigenvalue weighted by Crippen LogP contribution is -2.05. The first-order valence-corrected chi connectivity index (χ1v) is 5.52. The molecule has 0 spiro atoms. The highest BCUT2D eigenvalue weighted by Crippen LogP contribution is 2.39. The molecule has 0 radical (unpaired) electrons. The largest absolute Gasteiger partial charge is 0.120 e. The minimum Gasteiger partial charge on any atom is -0.120 e. The van der Waals surface area contributed by atoms with Gasteiger partial charge in [0.15, 0.2) is 0 Å². The maximum atomic E-state index is 6.13. The fourth-order valence-electron chi connectivity index (χ4n) is 2.13. The molecular formula is C14H13Cl. The van der Waals surface area contributed by atoms with E-state index in [2.05, 4.69) is 31.1 Å². The van der Waals surface area contributed by atoms with Gasteiger partial charge in [-0.05, 0) is 23.1 Å². The number of rotatable bonds is 2. The quantitative estimate of drug-likeness (QED) is 0.653. The predicted octanol–water partition coefficient (Wildman–Crippen LogP) is 4.11. The first-order chi connectivity index (χ1) is 7.24. The molecule has 1 aliphatic carbocycles. The average Bonchev–Trinajstić information content (AvgIpc) is 2.63. The van der Waals surface area contributed by atoms with Crippen molar-refractivity contribution in [3.63, 3.8) is 0 Å². The van der Waals surface area contributed by atoms with Gasteiger partial charge in [-0.15, -0.1) is 12.3 Å². The van der Waals surface area contributed by atoms with Gasteiger partial charge in [-0.2, -0.15) is 0 Å². The van der Waals surface area contributed by atoms with Crippen molar-refractivity contribution in [2.24, 2.45) is 5.92 Å². The van der Waals surface area contributed by atoms with E-state index in [1.807, 2.05) is 12.1 Å². The van der Waals surface area contributed by atoms with E-state index in [-0.39, 0.29) is 0 Å². The third-order valence-electron chi connectivity index (χ3n) is 2.97. The molecule has 0 saturated heterocycles. The normalized spacial score (nSPS) is 19.7. The van der Waals surface area contributed by atoms with Crippen molar-refractivity contribution in [2.75, 3.05) is 0 Å². The number of allylic oxidation sites excluding steroid dienone is 1. The number of hydrogen-bond donors (Lipinski definition) is 0. The summed E-state index contributed by atoms with van der Waals surface area (Å²) in [5, 5.41) is 0.833. The van der Waals surface area contributed by atoms with Crippen molar-refractivity contribution in [3.05, 3.63) is 40.4 Å². The van der Waals surface area contributed by atoms with Crippen LogP contribution in [0.5, 0.6) is 0 Å². The maximum absolute atomic E-state index is 6.13. The Bertz CT molecular complexity index is 437. The average molecular weight is 217 g/mol. The highest BCUT2D eigenvalue weighted by Gasteiger charge is 2.23. The molecule has 1 aliphatic rings. The molecule has 0 saturated carbocycles. The van der Waals surface area contributed by atoms with Crippen molar-refractivity contribution in [1.29, 1.82) is 0 Å². The molecule has 2 rings (SSSR count). The van der Waals surface area contributed by atoms with E-state index in [1.165, 1.54) is 5.56 Å². The first kappa shape index (κ1) is 10.3. The van der Waals surface area contributed by atoms with Crippen LogP contribution in [0.4, 0.5) is 0 Å². The van der Waals surface area contributed by atoms with Gasteiger partial charge in [0.05, 0.1) is 0 Å². The Kier molecular flexibility index (Phi) is 2.84. The second kappa shape index (κ2) is 4.13. The van der Waals surface area contributed by atoms with Gasteiger partial charge in [0, 0.05) is 17.4 Å². The minimum atomic E-state index is 0.426. The number of fused-ring (bicyclic) bond motifs is 1. The molecule has 0 fully saturated rings. The molecule has 1 aromatic rings. The van der Waals surface area contributed by atoms with Crippen LogP contribution in [0, 0.1) is 18.3 Å². The molecule has 0 amide bonds. The van der Waals surface area contributed by atoms with Gasteiger partial charge in [-0.25, -0.2) is 0 Å². The zero-order chi connectivity index (χ0) is 10.8. The molecule has 2 atom stereocenters. The molecule has 1 heteroatoms. The summed E-state index contributed by atoms with van der Waals surface area (Å²) in [4.78, 5) is 0. The van der Waals surface area contributed by atoms with E-state index in [9.17, 15) is 0 Å². The summed E-state index contributed by atoms with van der Waals surface area (Å²) in [5.74, 6) is 3.63. The summed E-state index contributed by atoms with van der Waals surface area (Å²) in [6, 6.07) is 6.07. The van der Waals surface area contributed by atoms with Crippen LogP contribution < -0.4 is 0 Å². The lowest BCUT2D eigenvalue weighted by atomic mass is 9.87. The van der Waals surface area contributed by atoms with Crippen LogP contribution >= 0.6 is 11.6 Å². The Hall–Kier alpha value is -1.19. The summed E-state index contributed by atoms with van der Waals surface area (Å²) in [6.07, 6.45) is 10.5. The predicted molar refractivity (Wildman–Crippen MR) is 65.8 cm³/mol. The molecular weight excluding hydrogens is 204 g/mol. The lowest BCUT2D eigenvalue weighted by molar-refractivity contribution is 0.544. The van der Waals surface area contributed by atoms with Crippen LogP contribution in [0.1, 0.15) is 30.4 Å². The fourth-order valence-corrected chi connectivity index (χ4v) is 2.38. The van der Waals surface area contributed by atoms with E-state index in [0.717, 1.165) is 17.0 Å². The molecule has 0 heterocycles. The molecule has 15 heavy (non-hydrogen) atoms. The molecule has 1 aromatic carbocycles. The van der Waals surface area contributed by atoms with Gasteiger partial charge >= 0.3 is 0 Å². The Morgan fingerprint density at radius 1 is 1.53 bits per heavy atom. The summed E-state index contributed by atoms with van der Waals surface area (Å²) in [5.41, 5.74) is 2.47. The number of terminal acetylenes is 1. The molecule has 76 valence electrons. The van der Waals surface area contributed by atoms with Crippen LogP contribution in [0.2, 0.25) is 5.02 Å². The number of hydrogen-bond acceptors (Lipinski definition) is 0. The monoisotopic (exact) mass is 216 g/mol. The van der Waals surface area contributed by atoms with Crippen LogP contribution in [0.3, 0.4) is 0 Å². The Balaban J connectivity index is 2.34. The van der Waals surface area contributed by atoms with Crippen molar-refractivity contribution in [2.45, 2.75) is 19.3 Å². The second-order valence-electron chi connectivity index (χ2n) is 4.01. The summed E-state index contributed by atoms with van der Waals surface area (Å²) < 4.78 is 0. The highest BCUT2D eigenvalue weighted by atomic mass is 35.5. The number of benzene rings is 1. The van der Waals surface area contributed by atoms with Gasteiger partial charge in [0.2, 0.25) is 0 Å². The van der Waals surface area contributed by atoms with Crippen molar-refractivity contribution in [3.8, 4) is 12.3 Å². The van der Waals surface area contributed by atoms with Gasteiger partial charge < -0.3 is 0 Å². The Morgan fingerprint density at radius 3 is 3.07 bits per heavy atom. The third kappa shape index (κ3) is 1.80. The smallest absolute Gasteiger partial charge is 0.0481 e. The molecule has 0 bridgehead atoms. The van der Waals surface area contributed by atoms with Gasteiger partial charge in [0.25, 0.3) is 0 Å². The molecule has 0 nitrogen and oxygen atoms in total. The van der Waals surface area contributed by atoms with E-state index in [1.54, 1.807) is 0 Å².